The highest BCUT2D eigenvalue weighted by atomic mass is 32.1. The molecule has 2 aliphatic heterocycles. The summed E-state index contributed by atoms with van der Waals surface area (Å²) in [5.41, 5.74) is 1.50. The zero-order valence-electron chi connectivity index (χ0n) is 19.4. The summed E-state index contributed by atoms with van der Waals surface area (Å²) >= 11 is 1.11. The molecule has 2 amide bonds. The quantitative estimate of drug-likeness (QED) is 0.523. The third-order valence-electron chi connectivity index (χ3n) is 6.34. The number of aromatic nitrogens is 1. The van der Waals surface area contributed by atoms with Gasteiger partial charge in [0, 0.05) is 12.5 Å². The van der Waals surface area contributed by atoms with Crippen LogP contribution in [0.15, 0.2) is 64.4 Å². The SMILES string of the molecule is CCOC(=O)C1C(C)N=c2sc(=C3C(=O)N(C(C)=O)c4ccccc43)c(=O)n2C1c1ccccc1. The van der Waals surface area contributed by atoms with Crippen LogP contribution in [-0.2, 0) is 19.1 Å². The number of hydrogen-bond donors (Lipinski definition) is 0. The minimum Gasteiger partial charge on any atom is -0.466 e. The predicted octanol–water partition coefficient (Wildman–Crippen LogP) is 1.79. The lowest BCUT2D eigenvalue weighted by Crippen LogP contribution is -2.48. The van der Waals surface area contributed by atoms with Gasteiger partial charge < -0.3 is 4.74 Å². The van der Waals surface area contributed by atoms with E-state index >= 15 is 0 Å². The molecule has 3 heterocycles. The average molecular weight is 490 g/mol. The van der Waals surface area contributed by atoms with E-state index in [1.54, 1.807) is 31.2 Å². The highest BCUT2D eigenvalue weighted by molar-refractivity contribution is 7.07. The summed E-state index contributed by atoms with van der Waals surface area (Å²) in [6.45, 7) is 5.09. The average Bonchev–Trinajstić information content (AvgIpc) is 3.31. The number of benzene rings is 2. The maximum atomic E-state index is 13.9. The first-order valence-electron chi connectivity index (χ1n) is 11.3. The molecule has 0 saturated heterocycles. The molecule has 0 radical (unpaired) electrons. The molecule has 0 N–H and O–H groups in total. The first-order valence-corrected chi connectivity index (χ1v) is 12.2. The minimum absolute atomic E-state index is 0.176. The lowest BCUT2D eigenvalue weighted by Gasteiger charge is -2.32. The van der Waals surface area contributed by atoms with E-state index in [0.717, 1.165) is 21.8 Å². The van der Waals surface area contributed by atoms with Crippen LogP contribution in [0.5, 0.6) is 0 Å². The molecule has 0 aliphatic carbocycles. The van der Waals surface area contributed by atoms with Crippen LogP contribution in [0.3, 0.4) is 0 Å². The van der Waals surface area contributed by atoms with Crippen molar-refractivity contribution in [2.45, 2.75) is 32.9 Å². The van der Waals surface area contributed by atoms with Crippen LogP contribution in [0.4, 0.5) is 5.69 Å². The fourth-order valence-corrected chi connectivity index (χ4v) is 6.05. The van der Waals surface area contributed by atoms with Crippen LogP contribution in [-0.4, -0.2) is 35.0 Å². The highest BCUT2D eigenvalue weighted by Crippen LogP contribution is 2.36. The fraction of sp³-hybridized carbons (Fsp3) is 0.269. The second kappa shape index (κ2) is 8.74. The van der Waals surface area contributed by atoms with Gasteiger partial charge in [0.25, 0.3) is 11.5 Å². The molecule has 8 nitrogen and oxygen atoms in total. The highest BCUT2D eigenvalue weighted by Gasteiger charge is 2.42. The Bertz CT molecular complexity index is 1540. The van der Waals surface area contributed by atoms with Crippen molar-refractivity contribution >= 4 is 40.4 Å². The molecular weight excluding hydrogens is 466 g/mol. The molecule has 0 bridgehead atoms. The summed E-state index contributed by atoms with van der Waals surface area (Å²) in [4.78, 5) is 58.8. The number of rotatable bonds is 3. The third kappa shape index (κ3) is 3.54. The van der Waals surface area contributed by atoms with E-state index in [-0.39, 0.29) is 16.7 Å². The van der Waals surface area contributed by atoms with E-state index in [4.69, 9.17) is 4.74 Å². The molecular formula is C26H23N3O5S. The lowest BCUT2D eigenvalue weighted by molar-refractivity contribution is -0.150. The van der Waals surface area contributed by atoms with Crippen molar-refractivity contribution in [3.8, 4) is 0 Å². The zero-order chi connectivity index (χ0) is 24.9. The van der Waals surface area contributed by atoms with Crippen molar-refractivity contribution in [2.75, 3.05) is 11.5 Å². The summed E-state index contributed by atoms with van der Waals surface area (Å²) in [5.74, 6) is -2.11. The molecule has 3 aromatic rings. The standard InChI is InChI=1S/C26H23N3O5S/c1-4-34-25(33)19-14(2)27-26-29(21(19)16-10-6-5-7-11-16)24(32)22(35-26)20-17-12-8-9-13-18(17)28(15(3)30)23(20)31/h5-14,19,21H,4H2,1-3H3. The van der Waals surface area contributed by atoms with Crippen LogP contribution < -0.4 is 19.8 Å². The second-order valence-electron chi connectivity index (χ2n) is 8.44. The normalized spacial score (nSPS) is 22.3. The van der Waals surface area contributed by atoms with E-state index in [0.29, 0.717) is 16.1 Å². The largest absolute Gasteiger partial charge is 0.466 e. The zero-order valence-corrected chi connectivity index (χ0v) is 20.2. The van der Waals surface area contributed by atoms with Gasteiger partial charge in [0.1, 0.15) is 10.5 Å². The Hall–Kier alpha value is -3.85. The first-order chi connectivity index (χ1) is 16.8. The molecule has 2 aromatic carbocycles. The first kappa shape index (κ1) is 22.9. The number of nitrogens with zero attached hydrogens (tertiary/aromatic N) is 3. The van der Waals surface area contributed by atoms with E-state index in [1.165, 1.54) is 11.5 Å². The fourth-order valence-electron chi connectivity index (χ4n) is 4.87. The van der Waals surface area contributed by atoms with Gasteiger partial charge in [0.05, 0.1) is 30.0 Å². The van der Waals surface area contributed by atoms with Crippen LogP contribution in [0.25, 0.3) is 5.57 Å². The van der Waals surface area contributed by atoms with Crippen LogP contribution in [0.2, 0.25) is 0 Å². The molecule has 0 spiro atoms. The van der Waals surface area contributed by atoms with Gasteiger partial charge >= 0.3 is 5.97 Å². The number of ether oxygens (including phenoxy) is 1. The van der Waals surface area contributed by atoms with Gasteiger partial charge in [-0.3, -0.25) is 28.7 Å². The molecule has 3 atom stereocenters. The van der Waals surface area contributed by atoms with Gasteiger partial charge in [-0.2, -0.15) is 0 Å². The lowest BCUT2D eigenvalue weighted by atomic mass is 9.86. The van der Waals surface area contributed by atoms with Crippen molar-refractivity contribution < 1.29 is 19.1 Å². The summed E-state index contributed by atoms with van der Waals surface area (Å²) < 4.78 is 7.05. The van der Waals surface area contributed by atoms with E-state index in [9.17, 15) is 19.2 Å². The molecule has 0 saturated carbocycles. The summed E-state index contributed by atoms with van der Waals surface area (Å²) in [6, 6.07) is 15.1. The minimum atomic E-state index is -0.713. The molecule has 1 aromatic heterocycles. The van der Waals surface area contributed by atoms with E-state index in [1.807, 2.05) is 37.3 Å². The van der Waals surface area contributed by atoms with Gasteiger partial charge in [-0.1, -0.05) is 59.9 Å². The number of carbonyl (C=O) groups excluding carboxylic acids is 3. The Kier molecular flexibility index (Phi) is 5.72. The van der Waals surface area contributed by atoms with Crippen molar-refractivity contribution in [1.29, 1.82) is 0 Å². The second-order valence-corrected chi connectivity index (χ2v) is 9.42. The number of hydrogen-bond acceptors (Lipinski definition) is 7. The molecule has 2 aliphatic rings. The molecule has 178 valence electrons. The number of anilines is 1. The number of thiazole rings is 1. The summed E-state index contributed by atoms with van der Waals surface area (Å²) in [6.07, 6.45) is 0. The topological polar surface area (TPSA) is 98.0 Å². The van der Waals surface area contributed by atoms with Crippen molar-refractivity contribution in [3.05, 3.63) is 85.4 Å². The van der Waals surface area contributed by atoms with E-state index in [2.05, 4.69) is 4.99 Å². The molecule has 35 heavy (non-hydrogen) atoms. The molecule has 0 fully saturated rings. The van der Waals surface area contributed by atoms with Crippen LogP contribution in [0, 0.1) is 5.92 Å². The van der Waals surface area contributed by atoms with Crippen LogP contribution >= 0.6 is 11.3 Å². The Labute approximate surface area is 204 Å². The van der Waals surface area contributed by atoms with Crippen molar-refractivity contribution in [2.24, 2.45) is 10.9 Å². The monoisotopic (exact) mass is 489 g/mol. The maximum Gasteiger partial charge on any atom is 0.313 e. The third-order valence-corrected chi connectivity index (χ3v) is 7.41. The number of esters is 1. The number of amides is 2. The Morgan fingerprint density at radius 3 is 2.43 bits per heavy atom. The van der Waals surface area contributed by atoms with Crippen molar-refractivity contribution in [1.82, 2.24) is 4.57 Å². The predicted molar refractivity (Wildman–Crippen MR) is 131 cm³/mol. The molecule has 3 unspecified atom stereocenters. The number of carbonyl (C=O) groups is 3. The molecule has 9 heteroatoms. The van der Waals surface area contributed by atoms with Crippen LogP contribution in [0.1, 0.15) is 37.9 Å². The van der Waals surface area contributed by atoms with Gasteiger partial charge in [0.15, 0.2) is 4.80 Å². The van der Waals surface area contributed by atoms with Gasteiger partial charge in [-0.05, 0) is 25.5 Å². The van der Waals surface area contributed by atoms with Gasteiger partial charge in [-0.25, -0.2) is 4.90 Å². The Morgan fingerprint density at radius 1 is 1.06 bits per heavy atom. The molecule has 5 rings (SSSR count). The smallest absolute Gasteiger partial charge is 0.313 e. The summed E-state index contributed by atoms with van der Waals surface area (Å²) in [7, 11) is 0. The van der Waals surface area contributed by atoms with E-state index < -0.39 is 41.3 Å². The Balaban J connectivity index is 1.82. The van der Waals surface area contributed by atoms with Gasteiger partial charge in [0.2, 0.25) is 5.91 Å². The number of para-hydroxylation sites is 1. The summed E-state index contributed by atoms with van der Waals surface area (Å²) in [5, 5.41) is 0. The van der Waals surface area contributed by atoms with Gasteiger partial charge in [-0.15, -0.1) is 0 Å². The maximum absolute atomic E-state index is 13.9. The van der Waals surface area contributed by atoms with Crippen molar-refractivity contribution in [3.63, 3.8) is 0 Å². The Morgan fingerprint density at radius 2 is 1.74 bits per heavy atom. The number of imide groups is 1. The number of fused-ring (bicyclic) bond motifs is 2.